The van der Waals surface area contributed by atoms with Crippen molar-refractivity contribution < 1.29 is 27.6 Å². The summed E-state index contributed by atoms with van der Waals surface area (Å²) in [7, 11) is -3.87. The summed E-state index contributed by atoms with van der Waals surface area (Å²) in [4.78, 5) is 10.9. The fourth-order valence-corrected chi connectivity index (χ4v) is 7.76. The van der Waals surface area contributed by atoms with Gasteiger partial charge in [0.1, 0.15) is 11.8 Å². The molecule has 0 heterocycles. The van der Waals surface area contributed by atoms with E-state index in [1.165, 1.54) is 32.1 Å². The van der Waals surface area contributed by atoms with Gasteiger partial charge in [0.2, 0.25) is 0 Å². The second kappa shape index (κ2) is 8.95. The van der Waals surface area contributed by atoms with Gasteiger partial charge in [-0.15, -0.1) is 0 Å². The largest absolute Gasteiger partial charge is 0.493 e. The molecule has 0 spiro atoms. The maximum Gasteiger partial charge on any atom is 0.320 e. The van der Waals surface area contributed by atoms with Gasteiger partial charge < -0.3 is 15.6 Å². The molecule has 4 saturated carbocycles. The number of nitrogens with two attached hydrogens (primary N) is 1. The zero-order chi connectivity index (χ0) is 23.0. The molecule has 4 N–H and O–H groups in total. The Morgan fingerprint density at radius 2 is 1.72 bits per heavy atom. The van der Waals surface area contributed by atoms with Crippen LogP contribution < -0.4 is 10.5 Å². The van der Waals surface area contributed by atoms with Gasteiger partial charge in [-0.05, 0) is 92.7 Å². The summed E-state index contributed by atoms with van der Waals surface area (Å²) in [5.74, 6) is 1.13. The van der Waals surface area contributed by atoms with Crippen LogP contribution in [0, 0.1) is 22.7 Å². The molecule has 0 aromatic heterocycles. The molecule has 2 unspecified atom stereocenters. The highest BCUT2D eigenvalue weighted by Gasteiger charge is 2.57. The predicted octanol–water partition coefficient (Wildman–Crippen LogP) is 3.66. The van der Waals surface area contributed by atoms with Gasteiger partial charge >= 0.3 is 5.97 Å². The van der Waals surface area contributed by atoms with Crippen LogP contribution in [0.5, 0.6) is 5.75 Å². The number of ether oxygens (including phenoxy) is 1. The first kappa shape index (κ1) is 23.5. The number of rotatable bonds is 11. The van der Waals surface area contributed by atoms with E-state index in [4.69, 9.17) is 20.1 Å². The van der Waals surface area contributed by atoms with Crippen molar-refractivity contribution >= 4 is 16.1 Å². The van der Waals surface area contributed by atoms with Crippen LogP contribution in [-0.4, -0.2) is 42.4 Å². The maximum absolute atomic E-state index is 11.0. The van der Waals surface area contributed by atoms with Crippen LogP contribution in [0.3, 0.4) is 0 Å². The summed E-state index contributed by atoms with van der Waals surface area (Å²) < 4.78 is 37.3. The first-order valence-corrected chi connectivity index (χ1v) is 13.3. The van der Waals surface area contributed by atoms with Gasteiger partial charge in [-0.2, -0.15) is 8.42 Å². The van der Waals surface area contributed by atoms with Crippen LogP contribution in [0.4, 0.5) is 0 Å². The smallest absolute Gasteiger partial charge is 0.320 e. The number of aliphatic carboxylic acids is 1. The Kier molecular flexibility index (Phi) is 6.58. The first-order valence-electron chi connectivity index (χ1n) is 11.7. The second-order valence-electron chi connectivity index (χ2n) is 10.8. The number of carbonyl (C=O) groups is 1. The van der Waals surface area contributed by atoms with Crippen LogP contribution in [0.2, 0.25) is 0 Å². The highest BCUT2D eigenvalue weighted by Crippen LogP contribution is 2.66. The van der Waals surface area contributed by atoms with Crippen molar-refractivity contribution in [1.82, 2.24) is 0 Å². The molecule has 7 nitrogen and oxygen atoms in total. The third kappa shape index (κ3) is 5.64. The van der Waals surface area contributed by atoms with Gasteiger partial charge in [-0.1, -0.05) is 18.6 Å². The molecule has 32 heavy (non-hydrogen) atoms. The maximum atomic E-state index is 11.0. The Labute approximate surface area is 190 Å². The zero-order valence-corrected chi connectivity index (χ0v) is 19.4. The molecule has 1 aromatic rings. The molecule has 4 aliphatic rings. The number of carboxylic acids is 1. The van der Waals surface area contributed by atoms with E-state index in [2.05, 4.69) is 0 Å². The molecule has 4 fully saturated rings. The molecular formula is C24H35NO6S. The molecular weight excluding hydrogens is 430 g/mol. The van der Waals surface area contributed by atoms with Gasteiger partial charge in [0.15, 0.2) is 0 Å². The van der Waals surface area contributed by atoms with Crippen molar-refractivity contribution in [2.24, 2.45) is 28.4 Å². The van der Waals surface area contributed by atoms with Crippen LogP contribution >= 0.6 is 0 Å². The number of hydrogen-bond donors (Lipinski definition) is 3. The number of unbranched alkanes of at least 4 members (excludes halogenated alkanes) is 1. The van der Waals surface area contributed by atoms with E-state index in [1.54, 1.807) is 0 Å². The number of hydrogen-bond acceptors (Lipinski definition) is 5. The van der Waals surface area contributed by atoms with Gasteiger partial charge in [0.05, 0.1) is 12.4 Å². The summed E-state index contributed by atoms with van der Waals surface area (Å²) in [6.45, 7) is 0.695. The van der Waals surface area contributed by atoms with E-state index >= 15 is 0 Å². The van der Waals surface area contributed by atoms with Gasteiger partial charge in [-0.3, -0.25) is 9.35 Å². The molecule has 8 heteroatoms. The standard InChI is InChI=1S/C24H35NO6S/c25-21(22(26)27)10-17-3-5-20(6-4-17)31-16-24-13-18-9-19(14-24)12-23(11-18,15-24)7-1-2-8-32(28,29)30/h3-6,18-19,21H,1-2,7-16,25H2,(H,26,27)(H,28,29,30)/t18?,19?,21-,23?,24?/m0/s1. The molecule has 0 radical (unpaired) electrons. The van der Waals surface area contributed by atoms with Crippen LogP contribution in [0.25, 0.3) is 0 Å². The summed E-state index contributed by atoms with van der Waals surface area (Å²) in [5.41, 5.74) is 6.99. The second-order valence-corrected chi connectivity index (χ2v) is 12.4. The van der Waals surface area contributed by atoms with Crippen LogP contribution in [0.1, 0.15) is 63.4 Å². The first-order chi connectivity index (χ1) is 15.1. The van der Waals surface area contributed by atoms with Crippen molar-refractivity contribution in [3.05, 3.63) is 29.8 Å². The van der Waals surface area contributed by atoms with Crippen molar-refractivity contribution in [3.8, 4) is 5.75 Å². The van der Waals surface area contributed by atoms with Crippen molar-refractivity contribution in [1.29, 1.82) is 0 Å². The topological polar surface area (TPSA) is 127 Å². The molecule has 178 valence electrons. The molecule has 3 atom stereocenters. The molecule has 0 amide bonds. The highest BCUT2D eigenvalue weighted by molar-refractivity contribution is 7.85. The fourth-order valence-electron chi connectivity index (χ4n) is 7.19. The van der Waals surface area contributed by atoms with Gasteiger partial charge in [-0.25, -0.2) is 0 Å². The van der Waals surface area contributed by atoms with Gasteiger partial charge in [0.25, 0.3) is 10.1 Å². The van der Waals surface area contributed by atoms with Crippen LogP contribution in [0.15, 0.2) is 24.3 Å². The van der Waals surface area contributed by atoms with E-state index in [1.807, 2.05) is 24.3 Å². The van der Waals surface area contributed by atoms with Crippen LogP contribution in [-0.2, 0) is 21.3 Å². The third-order valence-corrected chi connectivity index (χ3v) is 8.71. The zero-order valence-electron chi connectivity index (χ0n) is 18.5. The summed E-state index contributed by atoms with van der Waals surface area (Å²) in [6, 6.07) is 6.66. The molecule has 0 aliphatic heterocycles. The minimum absolute atomic E-state index is 0.141. The predicted molar refractivity (Wildman–Crippen MR) is 121 cm³/mol. The average Bonchev–Trinajstić information content (AvgIpc) is 2.69. The number of carboxylic acid groups (broad SMARTS) is 1. The summed E-state index contributed by atoms with van der Waals surface area (Å²) in [5, 5.41) is 8.97. The van der Waals surface area contributed by atoms with E-state index < -0.39 is 22.1 Å². The lowest BCUT2D eigenvalue weighted by Crippen LogP contribution is -2.54. The van der Waals surface area contributed by atoms with Crippen molar-refractivity contribution in [2.75, 3.05) is 12.4 Å². The molecule has 0 saturated heterocycles. The summed E-state index contributed by atoms with van der Waals surface area (Å²) in [6.07, 6.45) is 10.1. The lowest BCUT2D eigenvalue weighted by Gasteiger charge is -2.62. The normalized spacial score (nSPS) is 32.1. The average molecular weight is 466 g/mol. The SMILES string of the molecule is N[C@@H](Cc1ccc(OCC23CC4CC(CC(CCCCS(=O)(=O)O)(C4)C2)C3)cc1)C(=O)O. The minimum atomic E-state index is -3.87. The lowest BCUT2D eigenvalue weighted by molar-refractivity contribution is -0.138. The molecule has 5 rings (SSSR count). The Morgan fingerprint density at radius 3 is 2.31 bits per heavy atom. The highest BCUT2D eigenvalue weighted by atomic mass is 32.2. The third-order valence-electron chi connectivity index (χ3n) is 7.90. The minimum Gasteiger partial charge on any atom is -0.493 e. The Morgan fingerprint density at radius 1 is 1.09 bits per heavy atom. The monoisotopic (exact) mass is 465 g/mol. The van der Waals surface area contributed by atoms with Gasteiger partial charge in [0, 0.05) is 5.41 Å². The van der Waals surface area contributed by atoms with E-state index in [0.717, 1.165) is 42.4 Å². The van der Waals surface area contributed by atoms with Crippen molar-refractivity contribution in [3.63, 3.8) is 0 Å². The van der Waals surface area contributed by atoms with Crippen molar-refractivity contribution in [2.45, 2.75) is 70.3 Å². The Balaban J connectivity index is 1.35. The quantitative estimate of drug-likeness (QED) is 0.336. The van der Waals surface area contributed by atoms with E-state index in [-0.39, 0.29) is 11.2 Å². The molecule has 4 bridgehead atoms. The van der Waals surface area contributed by atoms with E-state index in [9.17, 15) is 13.2 Å². The summed E-state index contributed by atoms with van der Waals surface area (Å²) >= 11 is 0. The molecule has 1 aromatic carbocycles. The van der Waals surface area contributed by atoms with E-state index in [0.29, 0.717) is 24.9 Å². The molecule has 4 aliphatic carbocycles. The Hall–Kier alpha value is -1.64. The fraction of sp³-hybridized carbons (Fsp3) is 0.708. The number of benzene rings is 1. The Bertz CT molecular complexity index is 914. The lowest BCUT2D eigenvalue weighted by atomic mass is 9.43.